The van der Waals surface area contributed by atoms with E-state index in [9.17, 15) is 4.79 Å². The van der Waals surface area contributed by atoms with Crippen LogP contribution in [0.25, 0.3) is 0 Å². The average Bonchev–Trinajstić information content (AvgIpc) is 2.47. The molecular formula is C14H15N3O2. The molecular weight excluding hydrogens is 242 g/mol. The van der Waals surface area contributed by atoms with Crippen molar-refractivity contribution in [1.82, 2.24) is 9.97 Å². The van der Waals surface area contributed by atoms with Crippen molar-refractivity contribution in [1.29, 1.82) is 0 Å². The molecule has 0 saturated carbocycles. The number of hydrogen-bond donors (Lipinski definition) is 1. The maximum atomic E-state index is 11.7. The van der Waals surface area contributed by atoms with Gasteiger partial charge < -0.3 is 10.1 Å². The first kappa shape index (κ1) is 13.0. The molecule has 2 rings (SSSR count). The number of methoxy groups -OCH3 is 1. The van der Waals surface area contributed by atoms with Gasteiger partial charge in [0.2, 0.25) is 5.91 Å². The fraction of sp³-hybridized carbons (Fsp3) is 0.214. The van der Waals surface area contributed by atoms with Crippen molar-refractivity contribution < 1.29 is 9.53 Å². The Balaban J connectivity index is 1.83. The SMILES string of the molecule is COc1ncc(CCC(=O)Nc2ccccc2)cn1. The lowest BCUT2D eigenvalue weighted by molar-refractivity contribution is -0.116. The number of carbonyl (C=O) groups excluding carboxylic acids is 1. The molecule has 0 saturated heterocycles. The van der Waals surface area contributed by atoms with Crippen molar-refractivity contribution in [2.24, 2.45) is 0 Å². The summed E-state index contributed by atoms with van der Waals surface area (Å²) in [5.74, 6) is -0.0259. The summed E-state index contributed by atoms with van der Waals surface area (Å²) < 4.78 is 4.87. The van der Waals surface area contributed by atoms with Gasteiger partial charge in [0.25, 0.3) is 0 Å². The smallest absolute Gasteiger partial charge is 0.316 e. The van der Waals surface area contributed by atoms with Crippen LogP contribution in [0.3, 0.4) is 0 Å². The van der Waals surface area contributed by atoms with E-state index >= 15 is 0 Å². The minimum absolute atomic E-state index is 0.0259. The highest BCUT2D eigenvalue weighted by Crippen LogP contribution is 2.08. The van der Waals surface area contributed by atoms with Crippen LogP contribution in [0.15, 0.2) is 42.7 Å². The molecule has 98 valence electrons. The van der Waals surface area contributed by atoms with E-state index < -0.39 is 0 Å². The number of carbonyl (C=O) groups is 1. The Hall–Kier alpha value is -2.43. The summed E-state index contributed by atoms with van der Waals surface area (Å²) in [5.41, 5.74) is 1.71. The average molecular weight is 257 g/mol. The van der Waals surface area contributed by atoms with E-state index in [0.29, 0.717) is 18.9 Å². The topological polar surface area (TPSA) is 64.1 Å². The summed E-state index contributed by atoms with van der Waals surface area (Å²) in [4.78, 5) is 19.7. The zero-order valence-corrected chi connectivity index (χ0v) is 10.7. The van der Waals surface area contributed by atoms with Crippen LogP contribution in [0.1, 0.15) is 12.0 Å². The van der Waals surface area contributed by atoms with Crippen molar-refractivity contribution in [3.8, 4) is 6.01 Å². The number of para-hydroxylation sites is 1. The Morgan fingerprint density at radius 1 is 1.21 bits per heavy atom. The molecule has 0 radical (unpaired) electrons. The molecule has 2 aromatic rings. The van der Waals surface area contributed by atoms with Gasteiger partial charge in [0.1, 0.15) is 0 Å². The van der Waals surface area contributed by atoms with Gasteiger partial charge in [-0.2, -0.15) is 0 Å². The fourth-order valence-corrected chi connectivity index (χ4v) is 1.58. The molecule has 1 heterocycles. The third-order valence-corrected chi connectivity index (χ3v) is 2.56. The monoisotopic (exact) mass is 257 g/mol. The number of ether oxygens (including phenoxy) is 1. The molecule has 5 nitrogen and oxygen atoms in total. The number of hydrogen-bond acceptors (Lipinski definition) is 4. The highest BCUT2D eigenvalue weighted by atomic mass is 16.5. The van der Waals surface area contributed by atoms with Gasteiger partial charge in [-0.05, 0) is 24.1 Å². The second-order valence-electron chi connectivity index (χ2n) is 3.99. The van der Waals surface area contributed by atoms with Crippen molar-refractivity contribution in [3.63, 3.8) is 0 Å². The van der Waals surface area contributed by atoms with Gasteiger partial charge in [-0.3, -0.25) is 4.79 Å². The third kappa shape index (κ3) is 4.06. The second kappa shape index (κ2) is 6.49. The van der Waals surface area contributed by atoms with Gasteiger partial charge >= 0.3 is 6.01 Å². The quantitative estimate of drug-likeness (QED) is 0.890. The molecule has 0 spiro atoms. The molecule has 5 heteroatoms. The standard InChI is InChI=1S/C14H15N3O2/c1-19-14-15-9-11(10-16-14)7-8-13(18)17-12-5-3-2-4-6-12/h2-6,9-10H,7-8H2,1H3,(H,17,18). The highest BCUT2D eigenvalue weighted by Gasteiger charge is 2.04. The van der Waals surface area contributed by atoms with Crippen molar-refractivity contribution in [2.45, 2.75) is 12.8 Å². The molecule has 1 N–H and O–H groups in total. The van der Waals surface area contributed by atoms with Crippen molar-refractivity contribution >= 4 is 11.6 Å². The van der Waals surface area contributed by atoms with E-state index in [0.717, 1.165) is 11.3 Å². The summed E-state index contributed by atoms with van der Waals surface area (Å²) in [5, 5.41) is 2.83. The molecule has 0 aliphatic heterocycles. The minimum Gasteiger partial charge on any atom is -0.467 e. The predicted molar refractivity (Wildman–Crippen MR) is 72.0 cm³/mol. The normalized spacial score (nSPS) is 9.95. The number of rotatable bonds is 5. The van der Waals surface area contributed by atoms with Crippen LogP contribution < -0.4 is 10.1 Å². The van der Waals surface area contributed by atoms with Crippen LogP contribution >= 0.6 is 0 Å². The lowest BCUT2D eigenvalue weighted by Crippen LogP contribution is -2.12. The lowest BCUT2D eigenvalue weighted by Gasteiger charge is -2.05. The molecule has 0 bridgehead atoms. The third-order valence-electron chi connectivity index (χ3n) is 2.56. The van der Waals surface area contributed by atoms with Crippen LogP contribution in [0, 0.1) is 0 Å². The van der Waals surface area contributed by atoms with Crippen LogP contribution in [0.2, 0.25) is 0 Å². The fourth-order valence-electron chi connectivity index (χ4n) is 1.58. The lowest BCUT2D eigenvalue weighted by atomic mass is 10.2. The predicted octanol–water partition coefficient (Wildman–Crippen LogP) is 2.06. The van der Waals surface area contributed by atoms with Crippen LogP contribution in [-0.4, -0.2) is 23.0 Å². The first-order chi connectivity index (χ1) is 9.28. The summed E-state index contributed by atoms with van der Waals surface area (Å²) in [6.45, 7) is 0. The minimum atomic E-state index is -0.0259. The molecule has 0 aliphatic carbocycles. The van der Waals surface area contributed by atoms with E-state index in [4.69, 9.17) is 4.74 Å². The summed E-state index contributed by atoms with van der Waals surface area (Å²) in [7, 11) is 1.52. The number of aryl methyl sites for hydroxylation is 1. The first-order valence-corrected chi connectivity index (χ1v) is 5.98. The van der Waals surface area contributed by atoms with Gasteiger partial charge in [0.15, 0.2) is 0 Å². The van der Waals surface area contributed by atoms with Crippen LogP contribution in [0.5, 0.6) is 6.01 Å². The molecule has 0 aliphatic rings. The zero-order valence-electron chi connectivity index (χ0n) is 10.7. The van der Waals surface area contributed by atoms with E-state index in [1.165, 1.54) is 7.11 Å². The number of nitrogens with one attached hydrogen (secondary N) is 1. The Morgan fingerprint density at radius 2 is 1.89 bits per heavy atom. The summed E-state index contributed by atoms with van der Waals surface area (Å²) in [6.07, 6.45) is 4.33. The van der Waals surface area contributed by atoms with E-state index in [1.807, 2.05) is 30.3 Å². The van der Waals surface area contributed by atoms with Gasteiger partial charge in [0.05, 0.1) is 7.11 Å². The van der Waals surface area contributed by atoms with Crippen LogP contribution in [-0.2, 0) is 11.2 Å². The van der Waals surface area contributed by atoms with Crippen molar-refractivity contribution in [2.75, 3.05) is 12.4 Å². The van der Waals surface area contributed by atoms with E-state index in [1.54, 1.807) is 12.4 Å². The summed E-state index contributed by atoms with van der Waals surface area (Å²) >= 11 is 0. The molecule has 0 fully saturated rings. The molecule has 1 aromatic heterocycles. The maximum Gasteiger partial charge on any atom is 0.316 e. The second-order valence-corrected chi connectivity index (χ2v) is 3.99. The first-order valence-electron chi connectivity index (χ1n) is 5.98. The molecule has 0 unspecified atom stereocenters. The molecule has 1 amide bonds. The van der Waals surface area contributed by atoms with E-state index in [-0.39, 0.29) is 5.91 Å². The molecule has 0 atom stereocenters. The van der Waals surface area contributed by atoms with E-state index in [2.05, 4.69) is 15.3 Å². The molecule has 19 heavy (non-hydrogen) atoms. The number of nitrogens with zero attached hydrogens (tertiary/aromatic N) is 2. The largest absolute Gasteiger partial charge is 0.467 e. The number of benzene rings is 1. The van der Waals surface area contributed by atoms with Gasteiger partial charge in [-0.15, -0.1) is 0 Å². The zero-order chi connectivity index (χ0) is 13.5. The van der Waals surface area contributed by atoms with Gasteiger partial charge in [-0.1, -0.05) is 18.2 Å². The van der Waals surface area contributed by atoms with Crippen molar-refractivity contribution in [3.05, 3.63) is 48.3 Å². The number of anilines is 1. The summed E-state index contributed by atoms with van der Waals surface area (Å²) in [6, 6.07) is 9.71. The highest BCUT2D eigenvalue weighted by molar-refractivity contribution is 5.90. The Kier molecular flexibility index (Phi) is 4.44. The van der Waals surface area contributed by atoms with Gasteiger partial charge in [-0.25, -0.2) is 9.97 Å². The Bertz CT molecular complexity index is 526. The Labute approximate surface area is 111 Å². The maximum absolute atomic E-state index is 11.7. The van der Waals surface area contributed by atoms with Gasteiger partial charge in [0, 0.05) is 24.5 Å². The Morgan fingerprint density at radius 3 is 2.53 bits per heavy atom. The number of amides is 1. The molecule has 1 aromatic carbocycles. The van der Waals surface area contributed by atoms with Crippen LogP contribution in [0.4, 0.5) is 5.69 Å². The number of aromatic nitrogens is 2.